The molecule has 1 heterocycles. The Morgan fingerprint density at radius 1 is 1.46 bits per heavy atom. The minimum absolute atomic E-state index is 0.0297. The van der Waals surface area contributed by atoms with Crippen LogP contribution in [0.4, 0.5) is 4.39 Å². The van der Waals surface area contributed by atoms with E-state index in [4.69, 9.17) is 4.98 Å². The molecule has 0 aliphatic heterocycles. The van der Waals surface area contributed by atoms with Gasteiger partial charge in [-0.1, -0.05) is 19.9 Å². The lowest BCUT2D eigenvalue weighted by atomic mass is 9.56. The number of hydrogen-bond acceptors (Lipinski definition) is 3. The molecule has 0 amide bonds. The summed E-state index contributed by atoms with van der Waals surface area (Å²) in [6, 6.07) is 6.46. The number of nitrogens with zero attached hydrogens (tertiary/aromatic N) is 2. The first-order valence-electron chi connectivity index (χ1n) is 8.78. The molecular formula is C20H20BrFN2O2. The van der Waals surface area contributed by atoms with Crippen molar-refractivity contribution in [1.82, 2.24) is 9.55 Å². The average Bonchev–Trinajstić information content (AvgIpc) is 2.95. The Morgan fingerprint density at radius 2 is 2.23 bits per heavy atom. The van der Waals surface area contributed by atoms with Crippen molar-refractivity contribution < 1.29 is 14.3 Å². The molecule has 1 aromatic carbocycles. The van der Waals surface area contributed by atoms with Crippen molar-refractivity contribution in [3.63, 3.8) is 0 Å². The molecule has 2 aromatic rings. The van der Waals surface area contributed by atoms with Crippen LogP contribution >= 0.6 is 15.9 Å². The summed E-state index contributed by atoms with van der Waals surface area (Å²) in [7, 11) is 0. The van der Waals surface area contributed by atoms with E-state index >= 15 is 0 Å². The number of carbonyl (C=O) groups is 1. The van der Waals surface area contributed by atoms with E-state index < -0.39 is 0 Å². The van der Waals surface area contributed by atoms with Crippen molar-refractivity contribution >= 4 is 21.7 Å². The van der Waals surface area contributed by atoms with E-state index in [1.807, 2.05) is 17.6 Å². The molecule has 26 heavy (non-hydrogen) atoms. The zero-order valence-electron chi connectivity index (χ0n) is 14.7. The van der Waals surface area contributed by atoms with Crippen LogP contribution in [0.5, 0.6) is 0 Å². The zero-order valence-corrected chi connectivity index (χ0v) is 16.3. The first-order chi connectivity index (χ1) is 12.4. The van der Waals surface area contributed by atoms with Crippen LogP contribution in [0.2, 0.25) is 0 Å². The number of benzene rings is 1. The van der Waals surface area contributed by atoms with Gasteiger partial charge in [0.15, 0.2) is 10.5 Å². The summed E-state index contributed by atoms with van der Waals surface area (Å²) in [6.07, 6.45) is 3.06. The van der Waals surface area contributed by atoms with Crippen molar-refractivity contribution in [2.75, 3.05) is 0 Å². The molecule has 0 bridgehead atoms. The third-order valence-electron chi connectivity index (χ3n) is 6.10. The number of aromatic nitrogens is 2. The summed E-state index contributed by atoms with van der Waals surface area (Å²) >= 11 is 3.54. The van der Waals surface area contributed by atoms with Crippen LogP contribution in [0.15, 0.2) is 40.8 Å². The molecule has 0 saturated heterocycles. The lowest BCUT2D eigenvalue weighted by Crippen LogP contribution is -2.48. The van der Waals surface area contributed by atoms with Gasteiger partial charge in [-0.15, -0.1) is 0 Å². The molecule has 0 radical (unpaired) electrons. The maximum absolute atomic E-state index is 13.7. The summed E-state index contributed by atoms with van der Waals surface area (Å²) in [5, 5.41) is 9.54. The number of aliphatic hydroxyl groups is 1. The fraction of sp³-hybridized carbons (Fsp3) is 0.400. The number of imidazole rings is 1. The number of allylic oxidation sites excluding steroid dienone is 1. The Morgan fingerprint density at radius 3 is 2.92 bits per heavy atom. The van der Waals surface area contributed by atoms with Gasteiger partial charge in [0.1, 0.15) is 5.82 Å². The van der Waals surface area contributed by atoms with E-state index in [-0.39, 0.29) is 28.9 Å². The normalized spacial score (nSPS) is 29.5. The van der Waals surface area contributed by atoms with Crippen LogP contribution in [0.25, 0.3) is 5.69 Å². The molecule has 1 N–H and O–H groups in total. The quantitative estimate of drug-likeness (QED) is 0.541. The van der Waals surface area contributed by atoms with Gasteiger partial charge in [-0.2, -0.15) is 0 Å². The molecule has 1 fully saturated rings. The molecular weight excluding hydrogens is 399 g/mol. The fourth-order valence-electron chi connectivity index (χ4n) is 4.86. The van der Waals surface area contributed by atoms with Crippen molar-refractivity contribution in [2.24, 2.45) is 11.8 Å². The van der Waals surface area contributed by atoms with Crippen molar-refractivity contribution in [1.29, 1.82) is 0 Å². The van der Waals surface area contributed by atoms with Gasteiger partial charge in [-0.3, -0.25) is 9.36 Å². The minimum Gasteiger partial charge on any atom is -0.515 e. The molecule has 4 nitrogen and oxygen atoms in total. The smallest absolute Gasteiger partial charge is 0.182 e. The van der Waals surface area contributed by atoms with Gasteiger partial charge in [0.05, 0.1) is 17.6 Å². The van der Waals surface area contributed by atoms with Crippen LogP contribution in [0.3, 0.4) is 0 Å². The molecule has 4 rings (SSSR count). The molecule has 2 aliphatic carbocycles. The highest BCUT2D eigenvalue weighted by atomic mass is 79.9. The van der Waals surface area contributed by atoms with Gasteiger partial charge < -0.3 is 5.11 Å². The molecule has 1 aromatic heterocycles. The summed E-state index contributed by atoms with van der Waals surface area (Å²) in [5.74, 6) is -0.242. The van der Waals surface area contributed by atoms with Crippen LogP contribution < -0.4 is 0 Å². The highest BCUT2D eigenvalue weighted by molar-refractivity contribution is 9.10. The third-order valence-corrected chi connectivity index (χ3v) is 6.63. The van der Waals surface area contributed by atoms with Gasteiger partial charge >= 0.3 is 0 Å². The van der Waals surface area contributed by atoms with E-state index in [0.717, 1.165) is 36.2 Å². The maximum atomic E-state index is 13.7. The Bertz CT molecular complexity index is 936. The lowest BCUT2D eigenvalue weighted by molar-refractivity contribution is -0.124. The van der Waals surface area contributed by atoms with E-state index in [9.17, 15) is 14.3 Å². The summed E-state index contributed by atoms with van der Waals surface area (Å²) in [6.45, 7) is 4.06. The molecule has 1 saturated carbocycles. The van der Waals surface area contributed by atoms with Crippen LogP contribution in [0, 0.1) is 17.7 Å². The summed E-state index contributed by atoms with van der Waals surface area (Å²) < 4.78 is 16.3. The minimum atomic E-state index is -0.337. The first kappa shape index (κ1) is 17.5. The number of carbonyl (C=O) groups excluding carboxylic acids is 1. The summed E-state index contributed by atoms with van der Waals surface area (Å²) in [4.78, 5) is 17.3. The third kappa shape index (κ3) is 2.38. The van der Waals surface area contributed by atoms with Crippen molar-refractivity contribution in [3.05, 3.63) is 58.0 Å². The highest BCUT2D eigenvalue weighted by Crippen LogP contribution is 2.52. The Kier molecular flexibility index (Phi) is 4.06. The highest BCUT2D eigenvalue weighted by Gasteiger charge is 2.52. The predicted molar refractivity (Wildman–Crippen MR) is 99.9 cm³/mol. The van der Waals surface area contributed by atoms with E-state index in [0.29, 0.717) is 16.7 Å². The fourth-order valence-corrected chi connectivity index (χ4v) is 5.46. The van der Waals surface area contributed by atoms with Gasteiger partial charge in [-0.05, 0) is 59.3 Å². The second-order valence-electron chi connectivity index (χ2n) is 7.54. The second kappa shape index (κ2) is 6.05. The van der Waals surface area contributed by atoms with E-state index in [2.05, 4.69) is 22.9 Å². The molecule has 2 aliphatic rings. The molecule has 0 unspecified atom stereocenters. The van der Waals surface area contributed by atoms with Crippen LogP contribution in [-0.4, -0.2) is 20.4 Å². The molecule has 136 valence electrons. The molecule has 0 spiro atoms. The molecule has 6 heteroatoms. The standard InChI is InChI=1S/C20H20BrFN2O2/c1-11-15-6-7-16-18(20(15,2)9-12(10-25)17(11)26)23-19(21)24(16)14-5-3-4-13(22)8-14/h3-5,8,10-11,15,25H,6-7,9H2,1-2H3/b12-10-/t11-,15-,20-/m1/s1. The average molecular weight is 419 g/mol. The Balaban J connectivity index is 1.88. The number of aliphatic hydroxyl groups excluding tert-OH is 1. The zero-order chi connectivity index (χ0) is 18.6. The summed E-state index contributed by atoms with van der Waals surface area (Å²) in [5.41, 5.74) is 2.83. The predicted octanol–water partition coefficient (Wildman–Crippen LogP) is 4.64. The largest absolute Gasteiger partial charge is 0.515 e. The van der Waals surface area contributed by atoms with E-state index in [1.54, 1.807) is 6.07 Å². The van der Waals surface area contributed by atoms with Gasteiger partial charge in [0, 0.05) is 22.6 Å². The van der Waals surface area contributed by atoms with Gasteiger partial charge in [0.25, 0.3) is 0 Å². The number of fused-ring (bicyclic) bond motifs is 3. The van der Waals surface area contributed by atoms with Crippen LogP contribution in [0.1, 0.15) is 38.1 Å². The second-order valence-corrected chi connectivity index (χ2v) is 8.25. The van der Waals surface area contributed by atoms with Crippen molar-refractivity contribution in [3.8, 4) is 5.69 Å². The van der Waals surface area contributed by atoms with Crippen LogP contribution in [-0.2, 0) is 16.6 Å². The maximum Gasteiger partial charge on any atom is 0.182 e. The number of rotatable bonds is 1. The Labute approximate surface area is 159 Å². The number of ketones is 1. The van der Waals surface area contributed by atoms with Crippen molar-refractivity contribution in [2.45, 2.75) is 38.5 Å². The van der Waals surface area contributed by atoms with Gasteiger partial charge in [-0.25, -0.2) is 9.37 Å². The lowest BCUT2D eigenvalue weighted by Gasteiger charge is -2.47. The van der Waals surface area contributed by atoms with Gasteiger partial charge in [0.2, 0.25) is 0 Å². The molecule has 3 atom stereocenters. The first-order valence-corrected chi connectivity index (χ1v) is 9.57. The topological polar surface area (TPSA) is 55.1 Å². The monoisotopic (exact) mass is 418 g/mol. The van der Waals surface area contributed by atoms with E-state index in [1.165, 1.54) is 12.1 Å². The number of Topliss-reactive ketones (excluding diaryl/α,β-unsaturated/α-hetero) is 1. The number of hydrogen-bond donors (Lipinski definition) is 1. The SMILES string of the molecule is C[C@H]1C(=O)/C(=C\O)C[C@@]2(C)c3nc(Br)n(-c4cccc(F)c4)c3CC[C@H]12. The Hall–Kier alpha value is -1.95. The number of halogens is 2.